The summed E-state index contributed by atoms with van der Waals surface area (Å²) >= 11 is 0. The Morgan fingerprint density at radius 1 is 0.242 bits per heavy atom. The second-order valence-corrected chi connectivity index (χ2v) is 15.5. The average molecular weight is 794 g/mol. The van der Waals surface area contributed by atoms with Crippen LogP contribution in [-0.4, -0.2) is 15.0 Å². The van der Waals surface area contributed by atoms with Crippen molar-refractivity contribution in [3.63, 3.8) is 0 Å². The van der Waals surface area contributed by atoms with Crippen molar-refractivity contribution in [3.05, 3.63) is 212 Å². The third-order valence-electron chi connectivity index (χ3n) is 11.8. The van der Waals surface area contributed by atoms with E-state index < -0.39 is 0 Å². The van der Waals surface area contributed by atoms with Gasteiger partial charge in [-0.1, -0.05) is 170 Å². The van der Waals surface area contributed by atoms with Crippen molar-refractivity contribution >= 4 is 43.9 Å². The Labute approximate surface area is 357 Å². The Hall–Kier alpha value is -8.41. The van der Waals surface area contributed by atoms with Crippen LogP contribution in [0.5, 0.6) is 0 Å². The normalized spacial score (nSPS) is 11.5. The Balaban J connectivity index is 0.953. The molecule has 5 nitrogen and oxygen atoms in total. The predicted molar refractivity (Wildman–Crippen MR) is 252 cm³/mol. The lowest BCUT2D eigenvalue weighted by molar-refractivity contribution is 0.668. The van der Waals surface area contributed by atoms with Crippen LogP contribution in [0.25, 0.3) is 123 Å². The molecule has 0 aliphatic carbocycles. The second-order valence-electron chi connectivity index (χ2n) is 15.5. The molecule has 0 radical (unpaired) electrons. The van der Waals surface area contributed by atoms with Gasteiger partial charge in [0.15, 0.2) is 17.5 Å². The van der Waals surface area contributed by atoms with Gasteiger partial charge in [-0.2, -0.15) is 0 Å². The van der Waals surface area contributed by atoms with Gasteiger partial charge in [0.05, 0.1) is 0 Å². The molecule has 5 heteroatoms. The standard InChI is InChI=1S/C57H35N3O2/c1-2-13-36(14-3-1)40-16-9-19-43(34-40)56-58-55(59-57(60-56)44-20-10-18-42(35-44)46-24-12-28-52-54(46)48-22-5-7-26-50(48)62-52)38-31-29-37(30-32-38)39-15-8-17-41(33-39)45-23-11-27-51-53(45)47-21-4-6-25-49(47)61-51/h1-35H. The van der Waals surface area contributed by atoms with Gasteiger partial charge >= 0.3 is 0 Å². The summed E-state index contributed by atoms with van der Waals surface area (Å²) in [6.07, 6.45) is 0. The van der Waals surface area contributed by atoms with Crippen molar-refractivity contribution in [3.8, 4) is 78.7 Å². The summed E-state index contributed by atoms with van der Waals surface area (Å²) in [5.41, 5.74) is 15.1. The van der Waals surface area contributed by atoms with E-state index in [-0.39, 0.29) is 0 Å². The van der Waals surface area contributed by atoms with Crippen LogP contribution in [-0.2, 0) is 0 Å². The zero-order chi connectivity index (χ0) is 41.0. The molecule has 0 atom stereocenters. The SMILES string of the molecule is c1ccc(-c2cccc(-c3nc(-c4ccc(-c5cccc(-c6cccc7oc8ccccc8c67)c5)cc4)nc(-c4cccc(-c5cccc6oc7ccccc7c56)c4)n3)c2)cc1. The molecule has 290 valence electrons. The van der Waals surface area contributed by atoms with Gasteiger partial charge in [-0.15, -0.1) is 0 Å². The highest BCUT2D eigenvalue weighted by molar-refractivity contribution is 6.13. The van der Waals surface area contributed by atoms with Crippen LogP contribution in [0.3, 0.4) is 0 Å². The topological polar surface area (TPSA) is 65.0 Å². The molecule has 0 saturated carbocycles. The molecular weight excluding hydrogens is 759 g/mol. The lowest BCUT2D eigenvalue weighted by Crippen LogP contribution is -2.00. The summed E-state index contributed by atoms with van der Waals surface area (Å²) in [5.74, 6) is 1.80. The second kappa shape index (κ2) is 14.7. The molecule has 12 rings (SSSR count). The van der Waals surface area contributed by atoms with Gasteiger partial charge in [-0.3, -0.25) is 0 Å². The van der Waals surface area contributed by atoms with E-state index in [1.165, 1.54) is 0 Å². The molecule has 0 N–H and O–H groups in total. The fourth-order valence-corrected chi connectivity index (χ4v) is 8.77. The van der Waals surface area contributed by atoms with Gasteiger partial charge in [-0.05, 0) is 87.0 Å². The Morgan fingerprint density at radius 2 is 0.597 bits per heavy atom. The quantitative estimate of drug-likeness (QED) is 0.161. The molecule has 12 aromatic rings. The molecule has 0 aliphatic rings. The van der Waals surface area contributed by atoms with Gasteiger partial charge in [0.1, 0.15) is 22.3 Å². The number of furan rings is 2. The van der Waals surface area contributed by atoms with Crippen LogP contribution in [0.2, 0.25) is 0 Å². The van der Waals surface area contributed by atoms with Crippen molar-refractivity contribution in [2.75, 3.05) is 0 Å². The predicted octanol–water partition coefficient (Wildman–Crippen LogP) is 15.3. The molecule has 0 unspecified atom stereocenters. The first kappa shape index (κ1) is 35.5. The van der Waals surface area contributed by atoms with Crippen LogP contribution in [0.15, 0.2) is 221 Å². The molecule has 0 spiro atoms. The van der Waals surface area contributed by atoms with Crippen molar-refractivity contribution < 1.29 is 8.83 Å². The van der Waals surface area contributed by atoms with E-state index >= 15 is 0 Å². The number of benzene rings is 9. The Morgan fingerprint density at radius 3 is 1.15 bits per heavy atom. The maximum Gasteiger partial charge on any atom is 0.164 e. The summed E-state index contributed by atoms with van der Waals surface area (Å²) in [5, 5.41) is 4.42. The molecule has 0 aliphatic heterocycles. The molecule has 0 fully saturated rings. The molecule has 9 aromatic carbocycles. The average Bonchev–Trinajstić information content (AvgIpc) is 3.93. The summed E-state index contributed by atoms with van der Waals surface area (Å²) < 4.78 is 12.5. The minimum Gasteiger partial charge on any atom is -0.456 e. The minimum atomic E-state index is 0.596. The smallest absolute Gasteiger partial charge is 0.164 e. The van der Waals surface area contributed by atoms with E-state index in [0.717, 1.165) is 105 Å². The van der Waals surface area contributed by atoms with E-state index in [2.05, 4.69) is 164 Å². The molecule has 0 amide bonds. The molecule has 0 bridgehead atoms. The molecule has 3 aromatic heterocycles. The van der Waals surface area contributed by atoms with Crippen LogP contribution < -0.4 is 0 Å². The van der Waals surface area contributed by atoms with Gasteiger partial charge in [0.25, 0.3) is 0 Å². The molecule has 62 heavy (non-hydrogen) atoms. The molecule has 0 saturated heterocycles. The summed E-state index contributed by atoms with van der Waals surface area (Å²) in [7, 11) is 0. The van der Waals surface area contributed by atoms with E-state index in [4.69, 9.17) is 23.8 Å². The maximum absolute atomic E-state index is 6.25. The van der Waals surface area contributed by atoms with E-state index in [0.29, 0.717) is 17.5 Å². The number of hydrogen-bond acceptors (Lipinski definition) is 5. The van der Waals surface area contributed by atoms with E-state index in [1.807, 2.05) is 48.5 Å². The fourth-order valence-electron chi connectivity index (χ4n) is 8.77. The van der Waals surface area contributed by atoms with Crippen LogP contribution in [0.1, 0.15) is 0 Å². The van der Waals surface area contributed by atoms with Gasteiger partial charge in [-0.25, -0.2) is 15.0 Å². The summed E-state index contributed by atoms with van der Waals surface area (Å²) in [6, 6.07) is 73.4. The third kappa shape index (κ3) is 6.23. The van der Waals surface area contributed by atoms with Gasteiger partial charge in [0.2, 0.25) is 0 Å². The molecule has 3 heterocycles. The highest BCUT2D eigenvalue weighted by atomic mass is 16.3. The van der Waals surface area contributed by atoms with Gasteiger partial charge in [0, 0.05) is 38.2 Å². The van der Waals surface area contributed by atoms with E-state index in [1.54, 1.807) is 0 Å². The molecular formula is C57H35N3O2. The first-order valence-corrected chi connectivity index (χ1v) is 20.7. The number of hydrogen-bond donors (Lipinski definition) is 0. The highest BCUT2D eigenvalue weighted by Gasteiger charge is 2.17. The fraction of sp³-hybridized carbons (Fsp3) is 0. The zero-order valence-corrected chi connectivity index (χ0v) is 33.4. The van der Waals surface area contributed by atoms with Crippen molar-refractivity contribution in [2.45, 2.75) is 0 Å². The lowest BCUT2D eigenvalue weighted by Gasteiger charge is -2.12. The third-order valence-corrected chi connectivity index (χ3v) is 11.8. The van der Waals surface area contributed by atoms with Crippen LogP contribution in [0, 0.1) is 0 Å². The summed E-state index contributed by atoms with van der Waals surface area (Å²) in [4.78, 5) is 15.5. The first-order valence-electron chi connectivity index (χ1n) is 20.7. The van der Waals surface area contributed by atoms with Crippen molar-refractivity contribution in [2.24, 2.45) is 0 Å². The Bertz CT molecular complexity index is 3640. The highest BCUT2D eigenvalue weighted by Crippen LogP contribution is 2.40. The largest absolute Gasteiger partial charge is 0.456 e. The number of fused-ring (bicyclic) bond motifs is 6. The number of rotatable bonds is 7. The summed E-state index contributed by atoms with van der Waals surface area (Å²) in [6.45, 7) is 0. The number of para-hydroxylation sites is 2. The lowest BCUT2D eigenvalue weighted by atomic mass is 9.95. The van der Waals surface area contributed by atoms with Crippen molar-refractivity contribution in [1.82, 2.24) is 15.0 Å². The zero-order valence-electron chi connectivity index (χ0n) is 33.4. The van der Waals surface area contributed by atoms with Crippen LogP contribution in [0.4, 0.5) is 0 Å². The monoisotopic (exact) mass is 793 g/mol. The van der Waals surface area contributed by atoms with Crippen molar-refractivity contribution in [1.29, 1.82) is 0 Å². The maximum atomic E-state index is 6.25. The number of aromatic nitrogens is 3. The van der Waals surface area contributed by atoms with Gasteiger partial charge < -0.3 is 8.83 Å². The minimum absolute atomic E-state index is 0.596. The van der Waals surface area contributed by atoms with E-state index in [9.17, 15) is 0 Å². The first-order chi connectivity index (χ1) is 30.7. The number of nitrogens with zero attached hydrogens (tertiary/aromatic N) is 3. The van der Waals surface area contributed by atoms with Crippen LogP contribution >= 0.6 is 0 Å². The Kier molecular flexibility index (Phi) is 8.42.